The first-order valence-electron chi connectivity index (χ1n) is 6.63. The Morgan fingerprint density at radius 2 is 1.91 bits per heavy atom. The summed E-state index contributed by atoms with van der Waals surface area (Å²) in [6, 6.07) is 5.56. The number of carbonyl (C=O) groups is 1. The molecule has 0 saturated heterocycles. The van der Waals surface area contributed by atoms with E-state index in [9.17, 15) is 18.0 Å². The molecule has 0 aliphatic carbocycles. The van der Waals surface area contributed by atoms with E-state index in [1.165, 1.54) is 24.3 Å². The Kier molecular flexibility index (Phi) is 8.89. The molecule has 0 aliphatic heterocycles. The lowest BCUT2D eigenvalue weighted by atomic mass is 10.1. The van der Waals surface area contributed by atoms with Crippen molar-refractivity contribution >= 4 is 18.3 Å². The summed E-state index contributed by atoms with van der Waals surface area (Å²) in [7, 11) is 0. The lowest BCUT2D eigenvalue weighted by molar-refractivity contribution is -0.274. The third-order valence-corrected chi connectivity index (χ3v) is 2.72. The quantitative estimate of drug-likeness (QED) is 0.802. The zero-order valence-electron chi connectivity index (χ0n) is 12.2. The summed E-state index contributed by atoms with van der Waals surface area (Å²) in [4.78, 5) is 11.4. The van der Waals surface area contributed by atoms with Gasteiger partial charge in [-0.05, 0) is 37.5 Å². The van der Waals surface area contributed by atoms with E-state index in [0.29, 0.717) is 25.8 Å². The smallest absolute Gasteiger partial charge is 0.406 e. The minimum Gasteiger partial charge on any atom is -0.406 e. The van der Waals surface area contributed by atoms with E-state index in [4.69, 9.17) is 5.73 Å². The third-order valence-electron chi connectivity index (χ3n) is 2.72. The molecule has 4 nitrogen and oxygen atoms in total. The fourth-order valence-corrected chi connectivity index (χ4v) is 1.65. The fraction of sp³-hybridized carbons (Fsp3) is 0.500. The van der Waals surface area contributed by atoms with Gasteiger partial charge in [-0.15, -0.1) is 25.6 Å². The number of ether oxygens (including phenoxy) is 1. The highest BCUT2D eigenvalue weighted by atomic mass is 35.5. The molecule has 0 bridgehead atoms. The molecule has 1 aromatic carbocycles. The largest absolute Gasteiger partial charge is 0.573 e. The van der Waals surface area contributed by atoms with Crippen LogP contribution in [0, 0.1) is 0 Å². The molecule has 1 rings (SSSR count). The summed E-state index contributed by atoms with van der Waals surface area (Å²) in [5.74, 6) is -0.337. The van der Waals surface area contributed by atoms with Crippen molar-refractivity contribution in [3.05, 3.63) is 29.8 Å². The summed E-state index contributed by atoms with van der Waals surface area (Å²) >= 11 is 0. The van der Waals surface area contributed by atoms with Crippen molar-refractivity contribution in [3.8, 4) is 5.75 Å². The summed E-state index contributed by atoms with van der Waals surface area (Å²) in [6.45, 7) is 2.26. The average Bonchev–Trinajstić information content (AvgIpc) is 2.37. The molecular weight excluding hydrogens is 321 g/mol. The first-order valence-corrected chi connectivity index (χ1v) is 6.63. The van der Waals surface area contributed by atoms with Gasteiger partial charge in [0.1, 0.15) is 5.75 Å². The number of benzene rings is 1. The highest BCUT2D eigenvalue weighted by Gasteiger charge is 2.30. The van der Waals surface area contributed by atoms with Gasteiger partial charge in [-0.1, -0.05) is 12.1 Å². The van der Waals surface area contributed by atoms with Crippen molar-refractivity contribution in [2.45, 2.75) is 38.6 Å². The van der Waals surface area contributed by atoms with Gasteiger partial charge in [0, 0.05) is 19.0 Å². The number of hydrogen-bond donors (Lipinski definition) is 2. The Hall–Kier alpha value is -1.47. The highest BCUT2D eigenvalue weighted by molar-refractivity contribution is 5.85. The van der Waals surface area contributed by atoms with Gasteiger partial charge < -0.3 is 15.8 Å². The molecule has 1 amide bonds. The minimum atomic E-state index is -4.68. The number of nitrogens with one attached hydrogen (secondary N) is 1. The van der Waals surface area contributed by atoms with Crippen molar-refractivity contribution in [3.63, 3.8) is 0 Å². The van der Waals surface area contributed by atoms with Crippen LogP contribution in [0.15, 0.2) is 24.3 Å². The van der Waals surface area contributed by atoms with Gasteiger partial charge >= 0.3 is 6.36 Å². The standard InChI is InChI=1S/C14H19F3N2O2.ClH/c1-10(18)2-7-13(20)19-9-8-11-3-5-12(6-4-11)21-14(15,16)17;/h3-6,10H,2,7-9,18H2,1H3,(H,19,20);1H. The van der Waals surface area contributed by atoms with Crippen LogP contribution >= 0.6 is 12.4 Å². The first-order chi connectivity index (χ1) is 9.76. The maximum atomic E-state index is 12.0. The first kappa shape index (κ1) is 20.5. The fourth-order valence-electron chi connectivity index (χ4n) is 1.65. The summed E-state index contributed by atoms with van der Waals surface area (Å²) in [5.41, 5.74) is 6.36. The Bertz CT molecular complexity index is 450. The number of alkyl halides is 3. The molecule has 0 fully saturated rings. The molecule has 22 heavy (non-hydrogen) atoms. The highest BCUT2D eigenvalue weighted by Crippen LogP contribution is 2.22. The third kappa shape index (κ3) is 9.46. The Morgan fingerprint density at radius 1 is 1.32 bits per heavy atom. The van der Waals surface area contributed by atoms with Crippen molar-refractivity contribution in [1.82, 2.24) is 5.32 Å². The van der Waals surface area contributed by atoms with Gasteiger partial charge in [-0.2, -0.15) is 0 Å². The topological polar surface area (TPSA) is 64.4 Å². The minimum absolute atomic E-state index is 0. The molecular formula is C14H20ClF3N2O2. The lowest BCUT2D eigenvalue weighted by Crippen LogP contribution is -2.27. The Balaban J connectivity index is 0.00000441. The van der Waals surface area contributed by atoms with Gasteiger partial charge in [-0.25, -0.2) is 0 Å². The molecule has 1 atom stereocenters. The van der Waals surface area contributed by atoms with E-state index in [-0.39, 0.29) is 30.1 Å². The number of rotatable bonds is 7. The van der Waals surface area contributed by atoms with Gasteiger partial charge in [-0.3, -0.25) is 4.79 Å². The van der Waals surface area contributed by atoms with Crippen molar-refractivity contribution < 1.29 is 22.7 Å². The Labute approximate surface area is 133 Å². The number of halogens is 4. The van der Waals surface area contributed by atoms with Crippen molar-refractivity contribution in [2.24, 2.45) is 5.73 Å². The second-order valence-corrected chi connectivity index (χ2v) is 4.81. The molecule has 1 aromatic rings. The number of amides is 1. The molecule has 0 aliphatic rings. The summed E-state index contributed by atoms with van der Waals surface area (Å²) in [5, 5.41) is 2.73. The second kappa shape index (κ2) is 9.53. The molecule has 0 spiro atoms. The maximum absolute atomic E-state index is 12.0. The number of hydrogen-bond acceptors (Lipinski definition) is 3. The van der Waals surface area contributed by atoms with Crippen LogP contribution in [0.5, 0.6) is 5.75 Å². The van der Waals surface area contributed by atoms with Crippen LogP contribution in [-0.2, 0) is 11.2 Å². The summed E-state index contributed by atoms with van der Waals surface area (Å²) in [6.07, 6.45) is -3.16. The van der Waals surface area contributed by atoms with Gasteiger partial charge in [0.15, 0.2) is 0 Å². The van der Waals surface area contributed by atoms with E-state index in [0.717, 1.165) is 5.56 Å². The summed E-state index contributed by atoms with van der Waals surface area (Å²) < 4.78 is 39.7. The second-order valence-electron chi connectivity index (χ2n) is 4.81. The average molecular weight is 341 g/mol. The number of carbonyl (C=O) groups excluding carboxylic acids is 1. The molecule has 0 heterocycles. The molecule has 0 aromatic heterocycles. The molecule has 0 radical (unpaired) electrons. The van der Waals surface area contributed by atoms with Crippen molar-refractivity contribution in [2.75, 3.05) is 6.54 Å². The van der Waals surface area contributed by atoms with E-state index < -0.39 is 6.36 Å². The molecule has 8 heteroatoms. The molecule has 1 unspecified atom stereocenters. The van der Waals surface area contributed by atoms with Crippen LogP contribution in [-0.4, -0.2) is 24.9 Å². The van der Waals surface area contributed by atoms with E-state index in [1.807, 2.05) is 6.92 Å². The SMILES string of the molecule is CC(N)CCC(=O)NCCc1ccc(OC(F)(F)F)cc1.Cl. The monoisotopic (exact) mass is 340 g/mol. The maximum Gasteiger partial charge on any atom is 0.573 e. The van der Waals surface area contributed by atoms with Crippen LogP contribution in [0.25, 0.3) is 0 Å². The number of nitrogens with two attached hydrogens (primary N) is 1. The van der Waals surface area contributed by atoms with Gasteiger partial charge in [0.05, 0.1) is 0 Å². The molecule has 0 saturated carbocycles. The zero-order chi connectivity index (χ0) is 15.9. The molecule has 126 valence electrons. The van der Waals surface area contributed by atoms with Gasteiger partial charge in [0.2, 0.25) is 5.91 Å². The predicted octanol–water partition coefficient (Wildman–Crippen LogP) is 2.79. The van der Waals surface area contributed by atoms with Crippen LogP contribution in [0.3, 0.4) is 0 Å². The molecule has 3 N–H and O–H groups in total. The van der Waals surface area contributed by atoms with E-state index >= 15 is 0 Å². The Morgan fingerprint density at radius 3 is 2.41 bits per heavy atom. The zero-order valence-corrected chi connectivity index (χ0v) is 13.0. The van der Waals surface area contributed by atoms with Crippen LogP contribution in [0.1, 0.15) is 25.3 Å². The lowest BCUT2D eigenvalue weighted by Gasteiger charge is -2.10. The van der Waals surface area contributed by atoms with E-state index in [2.05, 4.69) is 10.1 Å². The van der Waals surface area contributed by atoms with Crippen LogP contribution in [0.2, 0.25) is 0 Å². The van der Waals surface area contributed by atoms with Crippen molar-refractivity contribution in [1.29, 1.82) is 0 Å². The van der Waals surface area contributed by atoms with Crippen LogP contribution < -0.4 is 15.8 Å². The normalized spacial score (nSPS) is 12.2. The van der Waals surface area contributed by atoms with Gasteiger partial charge in [0.25, 0.3) is 0 Å². The predicted molar refractivity (Wildman–Crippen MR) is 80.0 cm³/mol. The van der Waals surface area contributed by atoms with E-state index in [1.54, 1.807) is 0 Å². The van der Waals surface area contributed by atoms with Crippen LogP contribution in [0.4, 0.5) is 13.2 Å².